The summed E-state index contributed by atoms with van der Waals surface area (Å²) in [5, 5.41) is 14.1. The summed E-state index contributed by atoms with van der Waals surface area (Å²) < 4.78 is 7.75. The molecule has 4 nitrogen and oxygen atoms in total. The van der Waals surface area contributed by atoms with Crippen LogP contribution in [0.25, 0.3) is 21.8 Å². The van der Waals surface area contributed by atoms with Crippen molar-refractivity contribution in [2.45, 2.75) is 18.2 Å². The topological polar surface area (TPSA) is 46.8 Å². The van der Waals surface area contributed by atoms with Gasteiger partial charge in [-0.25, -0.2) is 0 Å². The van der Waals surface area contributed by atoms with Gasteiger partial charge in [-0.05, 0) is 43.1 Å². The van der Waals surface area contributed by atoms with Crippen LogP contribution in [0.3, 0.4) is 0 Å². The molecule has 0 bridgehead atoms. The van der Waals surface area contributed by atoms with Crippen LogP contribution < -0.4 is 0 Å². The van der Waals surface area contributed by atoms with E-state index in [0.29, 0.717) is 23.3 Å². The number of hydrogen-bond acceptors (Lipinski definition) is 3. The van der Waals surface area contributed by atoms with E-state index in [1.165, 1.54) is 0 Å². The van der Waals surface area contributed by atoms with Gasteiger partial charge in [0.1, 0.15) is 12.1 Å². The molecule has 4 rings (SSSR count). The molecule has 1 N–H and O–H groups in total. The maximum absolute atomic E-state index is 10.7. The van der Waals surface area contributed by atoms with E-state index in [1.807, 2.05) is 36.4 Å². The number of aliphatic hydroxyl groups excluding tert-OH is 1. The first-order valence-electron chi connectivity index (χ1n) is 7.70. The quantitative estimate of drug-likeness (QED) is 0.697. The normalized spacial score (nSPS) is 24.5. The van der Waals surface area contributed by atoms with Crippen molar-refractivity contribution in [3.63, 3.8) is 0 Å². The van der Waals surface area contributed by atoms with E-state index in [-0.39, 0.29) is 12.1 Å². The number of halogens is 2. The Bertz CT molecular complexity index is 878. The van der Waals surface area contributed by atoms with Crippen LogP contribution in [0, 0.1) is 0 Å². The zero-order valence-corrected chi connectivity index (χ0v) is 14.3. The molecule has 1 fully saturated rings. The summed E-state index contributed by atoms with van der Waals surface area (Å²) in [7, 11) is 0. The van der Waals surface area contributed by atoms with Gasteiger partial charge in [0.05, 0.1) is 19.3 Å². The molecule has 24 heavy (non-hydrogen) atoms. The Labute approximate surface area is 149 Å². The highest BCUT2D eigenvalue weighted by atomic mass is 35.5. The molecule has 3 aromatic rings. The monoisotopic (exact) mass is 362 g/mol. The Kier molecular flexibility index (Phi) is 4.01. The van der Waals surface area contributed by atoms with Crippen LogP contribution in [-0.2, 0) is 4.74 Å². The van der Waals surface area contributed by atoms with Crippen molar-refractivity contribution in [2.75, 3.05) is 13.2 Å². The van der Waals surface area contributed by atoms with E-state index in [4.69, 9.17) is 27.9 Å². The van der Waals surface area contributed by atoms with Crippen molar-refractivity contribution < 1.29 is 9.84 Å². The van der Waals surface area contributed by atoms with Crippen LogP contribution in [0.5, 0.6) is 0 Å². The molecule has 0 saturated carbocycles. The second-order valence-corrected chi connectivity index (χ2v) is 6.91. The number of hydrogen-bond donors (Lipinski definition) is 1. The molecule has 0 spiro atoms. The summed E-state index contributed by atoms with van der Waals surface area (Å²) in [6, 6.07) is 10.9. The van der Waals surface area contributed by atoms with E-state index in [0.717, 1.165) is 21.8 Å². The van der Waals surface area contributed by atoms with Gasteiger partial charge in [0.25, 0.3) is 0 Å². The lowest BCUT2D eigenvalue weighted by atomic mass is 10.0. The standard InChI is InChI=1S/C18H16Cl2N2O2/c1-21-14-8-24-9-17(18(14)23)22-15-4-2-10(19)6-12(15)13-7-11(20)3-5-16(13)22/h2-7,14,17-18,23H,1,8-9H2/t14-,17+,18+/m1/s1. The number of aromatic nitrogens is 1. The van der Waals surface area contributed by atoms with Gasteiger partial charge in [-0.15, -0.1) is 0 Å². The van der Waals surface area contributed by atoms with Crippen molar-refractivity contribution in [1.82, 2.24) is 4.57 Å². The number of aliphatic imine (C=N–C) groups is 1. The van der Waals surface area contributed by atoms with Gasteiger partial charge in [0, 0.05) is 31.9 Å². The average Bonchev–Trinajstić information content (AvgIpc) is 2.88. The Hall–Kier alpha value is -1.59. The fourth-order valence-electron chi connectivity index (χ4n) is 3.51. The van der Waals surface area contributed by atoms with Gasteiger partial charge in [-0.3, -0.25) is 4.99 Å². The van der Waals surface area contributed by atoms with E-state index in [2.05, 4.69) is 16.3 Å². The van der Waals surface area contributed by atoms with E-state index >= 15 is 0 Å². The van der Waals surface area contributed by atoms with Crippen LogP contribution in [0.2, 0.25) is 10.0 Å². The maximum Gasteiger partial charge on any atom is 0.101 e. The molecule has 0 aliphatic carbocycles. The van der Waals surface area contributed by atoms with Crippen molar-refractivity contribution in [2.24, 2.45) is 4.99 Å². The molecule has 124 valence electrons. The molecule has 3 atom stereocenters. The predicted molar refractivity (Wildman–Crippen MR) is 98.7 cm³/mol. The third-order valence-corrected chi connectivity index (χ3v) is 5.13. The summed E-state index contributed by atoms with van der Waals surface area (Å²) in [6.45, 7) is 4.36. The van der Waals surface area contributed by atoms with Gasteiger partial charge in [-0.1, -0.05) is 23.2 Å². The second-order valence-electron chi connectivity index (χ2n) is 6.04. The summed E-state index contributed by atoms with van der Waals surface area (Å²) in [5.74, 6) is 0. The Morgan fingerprint density at radius 3 is 2.17 bits per heavy atom. The summed E-state index contributed by atoms with van der Waals surface area (Å²) in [6.07, 6.45) is -0.665. The van der Waals surface area contributed by atoms with Crippen molar-refractivity contribution in [1.29, 1.82) is 0 Å². The first-order chi connectivity index (χ1) is 11.6. The molecule has 1 aliphatic rings. The van der Waals surface area contributed by atoms with E-state index in [9.17, 15) is 5.11 Å². The maximum atomic E-state index is 10.7. The lowest BCUT2D eigenvalue weighted by Gasteiger charge is -2.34. The smallest absolute Gasteiger partial charge is 0.101 e. The van der Waals surface area contributed by atoms with Crippen LogP contribution in [0.4, 0.5) is 0 Å². The summed E-state index contributed by atoms with van der Waals surface area (Å²) >= 11 is 12.4. The van der Waals surface area contributed by atoms with Crippen LogP contribution in [-0.4, -0.2) is 41.8 Å². The van der Waals surface area contributed by atoms with Crippen molar-refractivity contribution in [3.8, 4) is 0 Å². The Morgan fingerprint density at radius 2 is 1.62 bits per heavy atom. The Morgan fingerprint density at radius 1 is 1.04 bits per heavy atom. The second kappa shape index (κ2) is 6.05. The lowest BCUT2D eigenvalue weighted by molar-refractivity contribution is -0.0406. The van der Waals surface area contributed by atoms with Crippen LogP contribution in [0.1, 0.15) is 6.04 Å². The number of benzene rings is 2. The highest BCUT2D eigenvalue weighted by Gasteiger charge is 2.34. The third kappa shape index (κ3) is 2.42. The largest absolute Gasteiger partial charge is 0.389 e. The minimum atomic E-state index is -0.665. The minimum Gasteiger partial charge on any atom is -0.389 e. The molecule has 2 heterocycles. The molecule has 1 saturated heterocycles. The number of aliphatic hydroxyl groups is 1. The van der Waals surface area contributed by atoms with Gasteiger partial charge in [0.2, 0.25) is 0 Å². The molecule has 1 aliphatic heterocycles. The van der Waals surface area contributed by atoms with Crippen LogP contribution >= 0.6 is 23.2 Å². The van der Waals surface area contributed by atoms with Gasteiger partial charge in [-0.2, -0.15) is 0 Å². The molecule has 1 aromatic heterocycles. The first kappa shape index (κ1) is 15.9. The van der Waals surface area contributed by atoms with Gasteiger partial charge < -0.3 is 14.4 Å². The highest BCUT2D eigenvalue weighted by Crippen LogP contribution is 2.37. The predicted octanol–water partition coefficient (Wildman–Crippen LogP) is 4.10. The number of nitrogens with zero attached hydrogens (tertiary/aromatic N) is 2. The number of ether oxygens (including phenoxy) is 1. The van der Waals surface area contributed by atoms with Crippen molar-refractivity contribution >= 4 is 51.7 Å². The average molecular weight is 363 g/mol. The molecule has 2 aromatic carbocycles. The molecular weight excluding hydrogens is 347 g/mol. The highest BCUT2D eigenvalue weighted by molar-refractivity contribution is 6.33. The molecular formula is C18H16Cl2N2O2. The van der Waals surface area contributed by atoms with Crippen molar-refractivity contribution in [3.05, 3.63) is 46.4 Å². The zero-order valence-electron chi connectivity index (χ0n) is 12.8. The fraction of sp³-hybridized carbons (Fsp3) is 0.278. The van der Waals surface area contributed by atoms with Gasteiger partial charge >= 0.3 is 0 Å². The Balaban J connectivity index is 2.01. The molecule has 0 radical (unpaired) electrons. The number of fused-ring (bicyclic) bond motifs is 3. The molecule has 0 unspecified atom stereocenters. The summed E-state index contributed by atoms with van der Waals surface area (Å²) in [5.41, 5.74) is 1.96. The zero-order chi connectivity index (χ0) is 16.8. The fourth-order valence-corrected chi connectivity index (χ4v) is 3.85. The van der Waals surface area contributed by atoms with Gasteiger partial charge in [0.15, 0.2) is 0 Å². The first-order valence-corrected chi connectivity index (χ1v) is 8.46. The number of rotatable bonds is 2. The molecule has 6 heteroatoms. The molecule has 0 amide bonds. The third-order valence-electron chi connectivity index (χ3n) is 4.66. The van der Waals surface area contributed by atoms with Crippen LogP contribution in [0.15, 0.2) is 41.4 Å². The van der Waals surface area contributed by atoms with E-state index in [1.54, 1.807) is 0 Å². The lowest BCUT2D eigenvalue weighted by Crippen LogP contribution is -2.44. The summed E-state index contributed by atoms with van der Waals surface area (Å²) in [4.78, 5) is 4.00. The minimum absolute atomic E-state index is 0.253. The van der Waals surface area contributed by atoms with E-state index < -0.39 is 6.10 Å². The SMILES string of the molecule is C=N[C@@H]1COC[C@H](n2c3ccc(Cl)cc3c3cc(Cl)ccc32)[C@H]1O.